The lowest BCUT2D eigenvalue weighted by Crippen LogP contribution is -2.02. The van der Waals surface area contributed by atoms with Gasteiger partial charge >= 0.3 is 5.97 Å². The molecule has 8 nitrogen and oxygen atoms in total. The molecule has 0 saturated carbocycles. The predicted molar refractivity (Wildman–Crippen MR) is 54.1 cm³/mol. The third kappa shape index (κ3) is 2.86. The number of aromatic nitrogens is 5. The minimum Gasteiger partial charge on any atom is -0.481 e. The van der Waals surface area contributed by atoms with Crippen LogP contribution >= 0.6 is 0 Å². The summed E-state index contributed by atoms with van der Waals surface area (Å²) in [4.78, 5) is 10.4. The lowest BCUT2D eigenvalue weighted by Gasteiger charge is -1.94. The number of hydrogen-bond acceptors (Lipinski definition) is 6. The van der Waals surface area contributed by atoms with Gasteiger partial charge in [-0.05, 0) is 6.92 Å². The highest BCUT2D eigenvalue weighted by atomic mass is 16.6. The van der Waals surface area contributed by atoms with E-state index < -0.39 is 5.97 Å². The second kappa shape index (κ2) is 4.73. The molecule has 2 heterocycles. The number of carboxylic acid groups (broad SMARTS) is 1. The van der Waals surface area contributed by atoms with Gasteiger partial charge in [0.1, 0.15) is 11.4 Å². The molecule has 0 fully saturated rings. The normalized spacial score (nSPS) is 10.6. The van der Waals surface area contributed by atoms with Crippen molar-refractivity contribution in [3.63, 3.8) is 0 Å². The largest absolute Gasteiger partial charge is 0.481 e. The Labute approximate surface area is 96.2 Å². The third-order valence-corrected chi connectivity index (χ3v) is 2.24. The predicted octanol–water partition coefficient (Wildman–Crippen LogP) is 0.0350. The standard InChI is InChI=1S/C9H11N5O3/c1-6-8(12-17-11-6)5-14-4-7(10-13-14)2-3-9(15)16/h4H,2-3,5H2,1H3,(H,15,16). The van der Waals surface area contributed by atoms with Gasteiger partial charge in [0, 0.05) is 12.6 Å². The van der Waals surface area contributed by atoms with Gasteiger partial charge < -0.3 is 5.11 Å². The SMILES string of the molecule is Cc1nonc1Cn1cc(CCC(=O)O)nn1. The van der Waals surface area contributed by atoms with E-state index in [2.05, 4.69) is 25.3 Å². The lowest BCUT2D eigenvalue weighted by molar-refractivity contribution is -0.136. The van der Waals surface area contributed by atoms with Crippen LogP contribution in [0.1, 0.15) is 23.5 Å². The molecule has 2 rings (SSSR count). The van der Waals surface area contributed by atoms with Gasteiger partial charge in [0.15, 0.2) is 0 Å². The van der Waals surface area contributed by atoms with E-state index in [-0.39, 0.29) is 6.42 Å². The molecule has 0 aliphatic carbocycles. The monoisotopic (exact) mass is 237 g/mol. The van der Waals surface area contributed by atoms with E-state index in [0.29, 0.717) is 30.0 Å². The van der Waals surface area contributed by atoms with Crippen LogP contribution in [0.4, 0.5) is 0 Å². The first-order valence-corrected chi connectivity index (χ1v) is 5.04. The molecule has 0 saturated heterocycles. The Morgan fingerprint density at radius 3 is 3.00 bits per heavy atom. The molecule has 1 N–H and O–H groups in total. The molecule has 0 radical (unpaired) electrons. The number of aliphatic carboxylic acids is 1. The maximum Gasteiger partial charge on any atom is 0.303 e. The Hall–Kier alpha value is -2.25. The summed E-state index contributed by atoms with van der Waals surface area (Å²) >= 11 is 0. The maximum absolute atomic E-state index is 10.4. The molecule has 0 amide bonds. The van der Waals surface area contributed by atoms with E-state index >= 15 is 0 Å². The Morgan fingerprint density at radius 2 is 2.35 bits per heavy atom. The summed E-state index contributed by atoms with van der Waals surface area (Å²) in [6.45, 7) is 2.20. The summed E-state index contributed by atoms with van der Waals surface area (Å²) in [6, 6.07) is 0. The Morgan fingerprint density at radius 1 is 1.53 bits per heavy atom. The number of nitrogens with zero attached hydrogens (tertiary/aromatic N) is 5. The summed E-state index contributed by atoms with van der Waals surface area (Å²) in [7, 11) is 0. The zero-order valence-corrected chi connectivity index (χ0v) is 9.20. The summed E-state index contributed by atoms with van der Waals surface area (Å²) in [5.41, 5.74) is 2.02. The van der Waals surface area contributed by atoms with Crippen molar-refractivity contribution in [2.24, 2.45) is 0 Å². The van der Waals surface area contributed by atoms with E-state index in [0.717, 1.165) is 0 Å². The number of carbonyl (C=O) groups is 1. The number of hydrogen-bond donors (Lipinski definition) is 1. The van der Waals surface area contributed by atoms with E-state index in [4.69, 9.17) is 5.11 Å². The van der Waals surface area contributed by atoms with Crippen LogP contribution in [0, 0.1) is 6.92 Å². The lowest BCUT2D eigenvalue weighted by atomic mass is 10.2. The van der Waals surface area contributed by atoms with Crippen molar-refractivity contribution in [3.8, 4) is 0 Å². The topological polar surface area (TPSA) is 107 Å². The van der Waals surface area contributed by atoms with Gasteiger partial charge in [0.25, 0.3) is 0 Å². The Balaban J connectivity index is 1.99. The smallest absolute Gasteiger partial charge is 0.303 e. The molecule has 0 unspecified atom stereocenters. The van der Waals surface area contributed by atoms with Crippen molar-refractivity contribution >= 4 is 5.97 Å². The van der Waals surface area contributed by atoms with Crippen LogP contribution in [0.25, 0.3) is 0 Å². The molecule has 2 aromatic heterocycles. The zero-order chi connectivity index (χ0) is 12.3. The van der Waals surface area contributed by atoms with E-state index in [1.54, 1.807) is 17.8 Å². The average molecular weight is 237 g/mol. The Kier molecular flexibility index (Phi) is 3.12. The molecule has 0 aliphatic rings. The maximum atomic E-state index is 10.4. The highest BCUT2D eigenvalue weighted by molar-refractivity contribution is 5.66. The minimum absolute atomic E-state index is 0.0449. The minimum atomic E-state index is -0.851. The quantitative estimate of drug-likeness (QED) is 0.781. The van der Waals surface area contributed by atoms with Crippen LogP contribution in [0.3, 0.4) is 0 Å². The summed E-state index contributed by atoms with van der Waals surface area (Å²) in [5, 5.41) is 23.7. The van der Waals surface area contributed by atoms with Gasteiger partial charge in [-0.1, -0.05) is 15.5 Å². The molecule has 90 valence electrons. The second-order valence-corrected chi connectivity index (χ2v) is 3.60. The molecule has 0 atom stereocenters. The number of carboxylic acids is 1. The van der Waals surface area contributed by atoms with Crippen LogP contribution < -0.4 is 0 Å². The van der Waals surface area contributed by atoms with Crippen molar-refractivity contribution in [2.45, 2.75) is 26.3 Å². The van der Waals surface area contributed by atoms with Crippen molar-refractivity contribution in [1.82, 2.24) is 25.3 Å². The van der Waals surface area contributed by atoms with Crippen molar-refractivity contribution in [3.05, 3.63) is 23.3 Å². The van der Waals surface area contributed by atoms with Crippen LogP contribution in [-0.4, -0.2) is 36.4 Å². The highest BCUT2D eigenvalue weighted by Crippen LogP contribution is 2.04. The molecular formula is C9H11N5O3. The van der Waals surface area contributed by atoms with Gasteiger partial charge in [-0.15, -0.1) is 5.10 Å². The molecule has 0 bridgehead atoms. The van der Waals surface area contributed by atoms with Crippen molar-refractivity contribution < 1.29 is 14.5 Å². The number of aryl methyl sites for hydroxylation is 2. The molecule has 0 aliphatic heterocycles. The Bertz CT molecular complexity index is 518. The van der Waals surface area contributed by atoms with Crippen LogP contribution in [0.5, 0.6) is 0 Å². The van der Waals surface area contributed by atoms with Gasteiger partial charge in [-0.25, -0.2) is 9.31 Å². The molecule has 8 heteroatoms. The number of rotatable bonds is 5. The van der Waals surface area contributed by atoms with Crippen LogP contribution in [0.15, 0.2) is 10.8 Å². The molecule has 0 spiro atoms. The average Bonchev–Trinajstić information content (AvgIpc) is 2.87. The first kappa shape index (κ1) is 11.2. The second-order valence-electron chi connectivity index (χ2n) is 3.60. The van der Waals surface area contributed by atoms with Crippen molar-refractivity contribution in [2.75, 3.05) is 0 Å². The van der Waals surface area contributed by atoms with Crippen molar-refractivity contribution in [1.29, 1.82) is 0 Å². The van der Waals surface area contributed by atoms with E-state index in [1.165, 1.54) is 0 Å². The van der Waals surface area contributed by atoms with Gasteiger partial charge in [0.2, 0.25) is 0 Å². The van der Waals surface area contributed by atoms with Crippen LogP contribution in [-0.2, 0) is 17.8 Å². The highest BCUT2D eigenvalue weighted by Gasteiger charge is 2.08. The fourth-order valence-electron chi connectivity index (χ4n) is 1.31. The molecular weight excluding hydrogens is 226 g/mol. The van der Waals surface area contributed by atoms with E-state index in [9.17, 15) is 4.79 Å². The first-order valence-electron chi connectivity index (χ1n) is 5.04. The molecule has 2 aromatic rings. The molecule has 0 aromatic carbocycles. The zero-order valence-electron chi connectivity index (χ0n) is 9.20. The third-order valence-electron chi connectivity index (χ3n) is 2.24. The first-order chi connectivity index (χ1) is 8.15. The summed E-state index contributed by atoms with van der Waals surface area (Å²) in [5.74, 6) is -0.851. The van der Waals surface area contributed by atoms with Crippen LogP contribution in [0.2, 0.25) is 0 Å². The van der Waals surface area contributed by atoms with Gasteiger partial charge in [-0.2, -0.15) is 0 Å². The summed E-state index contributed by atoms with van der Waals surface area (Å²) in [6.07, 6.45) is 2.10. The van der Waals surface area contributed by atoms with Gasteiger partial charge in [-0.3, -0.25) is 4.79 Å². The van der Waals surface area contributed by atoms with E-state index in [1.807, 2.05) is 0 Å². The fraction of sp³-hybridized carbons (Fsp3) is 0.444. The summed E-state index contributed by atoms with van der Waals surface area (Å²) < 4.78 is 6.14. The van der Waals surface area contributed by atoms with Gasteiger partial charge in [0.05, 0.1) is 18.7 Å². The molecule has 17 heavy (non-hydrogen) atoms. The fourth-order valence-corrected chi connectivity index (χ4v) is 1.31.